The Morgan fingerprint density at radius 2 is 2.04 bits per heavy atom. The summed E-state index contributed by atoms with van der Waals surface area (Å²) in [5.41, 5.74) is 0.741. The van der Waals surface area contributed by atoms with Crippen molar-refractivity contribution in [1.29, 1.82) is 0 Å². The molecule has 1 fully saturated rings. The Kier molecular flexibility index (Phi) is 6.87. The third-order valence-corrected chi connectivity index (χ3v) is 3.82. The van der Waals surface area contributed by atoms with Gasteiger partial charge in [-0.3, -0.25) is 9.59 Å². The normalized spacial score (nSPS) is 16.8. The van der Waals surface area contributed by atoms with Gasteiger partial charge in [-0.25, -0.2) is 0 Å². The van der Waals surface area contributed by atoms with Crippen LogP contribution in [-0.2, 0) is 9.59 Å². The van der Waals surface area contributed by atoms with Gasteiger partial charge in [0.05, 0.1) is 0 Å². The van der Waals surface area contributed by atoms with Crippen molar-refractivity contribution in [1.82, 2.24) is 10.6 Å². The number of amides is 2. The molecule has 1 heterocycles. The second kappa shape index (κ2) is 9.15. The third kappa shape index (κ3) is 6.28. The molecule has 1 unspecified atom stereocenters. The number of carbonyl (C=O) groups excluding carboxylic acids is 2. The lowest BCUT2D eigenvalue weighted by atomic mass is 10.0. The van der Waals surface area contributed by atoms with E-state index in [1.165, 1.54) is 0 Å². The summed E-state index contributed by atoms with van der Waals surface area (Å²) in [6.45, 7) is 4.52. The van der Waals surface area contributed by atoms with Crippen LogP contribution in [0, 0.1) is 5.92 Å². The molecule has 23 heavy (non-hydrogen) atoms. The predicted molar refractivity (Wildman–Crippen MR) is 89.5 cm³/mol. The van der Waals surface area contributed by atoms with Crippen LogP contribution in [0.5, 0.6) is 5.75 Å². The lowest BCUT2D eigenvalue weighted by Gasteiger charge is -2.10. The maximum Gasteiger partial charge on any atom is 0.257 e. The zero-order chi connectivity index (χ0) is 16.5. The molecule has 1 atom stereocenters. The van der Waals surface area contributed by atoms with Gasteiger partial charge >= 0.3 is 0 Å². The Morgan fingerprint density at radius 3 is 2.70 bits per heavy atom. The minimum Gasteiger partial charge on any atom is -0.484 e. The first kappa shape index (κ1) is 17.3. The van der Waals surface area contributed by atoms with E-state index in [4.69, 9.17) is 4.74 Å². The van der Waals surface area contributed by atoms with Crippen LogP contribution < -0.4 is 20.7 Å². The first-order valence-electron chi connectivity index (χ1n) is 8.17. The lowest BCUT2D eigenvalue weighted by Crippen LogP contribution is -2.28. The molecule has 1 aromatic rings. The number of hydrogen-bond donors (Lipinski definition) is 3. The summed E-state index contributed by atoms with van der Waals surface area (Å²) in [6.07, 6.45) is 2.62. The van der Waals surface area contributed by atoms with Crippen LogP contribution in [0.15, 0.2) is 24.3 Å². The summed E-state index contributed by atoms with van der Waals surface area (Å²) < 4.78 is 5.36. The van der Waals surface area contributed by atoms with E-state index in [1.54, 1.807) is 24.3 Å². The highest BCUT2D eigenvalue weighted by molar-refractivity contribution is 5.90. The first-order chi connectivity index (χ1) is 11.2. The third-order valence-electron chi connectivity index (χ3n) is 3.82. The van der Waals surface area contributed by atoms with Gasteiger partial charge in [-0.05, 0) is 63.0 Å². The number of carbonyl (C=O) groups is 2. The van der Waals surface area contributed by atoms with Gasteiger partial charge in [-0.1, -0.05) is 0 Å². The van der Waals surface area contributed by atoms with E-state index in [1.807, 2.05) is 6.92 Å². The second-order valence-corrected chi connectivity index (χ2v) is 5.71. The zero-order valence-corrected chi connectivity index (χ0v) is 13.6. The maximum atomic E-state index is 11.9. The predicted octanol–water partition coefficient (Wildman–Crippen LogP) is 1.53. The minimum atomic E-state index is -0.147. The fourth-order valence-corrected chi connectivity index (χ4v) is 2.55. The van der Waals surface area contributed by atoms with Crippen molar-refractivity contribution in [3.63, 3.8) is 0 Å². The monoisotopic (exact) mass is 319 g/mol. The average molecular weight is 319 g/mol. The Balaban J connectivity index is 1.71. The highest BCUT2D eigenvalue weighted by atomic mass is 16.5. The fourth-order valence-electron chi connectivity index (χ4n) is 2.55. The molecule has 1 aromatic carbocycles. The molecule has 0 saturated carbocycles. The number of ether oxygens (including phenoxy) is 1. The van der Waals surface area contributed by atoms with Crippen LogP contribution in [0.25, 0.3) is 0 Å². The van der Waals surface area contributed by atoms with E-state index in [-0.39, 0.29) is 18.4 Å². The van der Waals surface area contributed by atoms with E-state index < -0.39 is 0 Å². The quantitative estimate of drug-likeness (QED) is 0.679. The van der Waals surface area contributed by atoms with Gasteiger partial charge in [0, 0.05) is 18.7 Å². The van der Waals surface area contributed by atoms with Gasteiger partial charge in [0.1, 0.15) is 5.75 Å². The topological polar surface area (TPSA) is 79.5 Å². The maximum absolute atomic E-state index is 11.9. The van der Waals surface area contributed by atoms with E-state index >= 15 is 0 Å². The summed E-state index contributed by atoms with van der Waals surface area (Å²) in [5.74, 6) is 1.11. The molecule has 0 aliphatic carbocycles. The number of hydrogen-bond acceptors (Lipinski definition) is 4. The van der Waals surface area contributed by atoms with Crippen LogP contribution >= 0.6 is 0 Å². The summed E-state index contributed by atoms with van der Waals surface area (Å²) >= 11 is 0. The van der Waals surface area contributed by atoms with Gasteiger partial charge in [-0.15, -0.1) is 0 Å². The van der Waals surface area contributed by atoms with E-state index in [2.05, 4.69) is 16.0 Å². The molecule has 1 saturated heterocycles. The summed E-state index contributed by atoms with van der Waals surface area (Å²) in [7, 11) is 0. The molecule has 0 aromatic heterocycles. The Bertz CT molecular complexity index is 510. The summed E-state index contributed by atoms with van der Waals surface area (Å²) in [5, 5.41) is 8.85. The molecule has 2 rings (SSSR count). The highest BCUT2D eigenvalue weighted by Gasteiger charge is 2.15. The second-order valence-electron chi connectivity index (χ2n) is 5.71. The van der Waals surface area contributed by atoms with Gasteiger partial charge in [0.15, 0.2) is 6.61 Å². The zero-order valence-electron chi connectivity index (χ0n) is 13.6. The number of likely N-dealkylation sites (N-methyl/N-ethyl adjacent to an activating group) is 1. The highest BCUT2D eigenvalue weighted by Crippen LogP contribution is 2.18. The lowest BCUT2D eigenvalue weighted by molar-refractivity contribution is -0.123. The molecular weight excluding hydrogens is 294 g/mol. The fraction of sp³-hybridized carbons (Fsp3) is 0.529. The SMILES string of the molecule is CCNC(=O)COc1ccc(NC(=O)CCC2CCNC2)cc1. The van der Waals surface area contributed by atoms with Crippen LogP contribution in [0.1, 0.15) is 26.2 Å². The van der Waals surface area contributed by atoms with Gasteiger partial charge in [0.25, 0.3) is 5.91 Å². The van der Waals surface area contributed by atoms with Crippen molar-refractivity contribution < 1.29 is 14.3 Å². The molecule has 6 heteroatoms. The standard InChI is InChI=1S/C17H25N3O3/c1-2-19-17(22)12-23-15-6-4-14(5-7-15)20-16(21)8-3-13-9-10-18-11-13/h4-7,13,18H,2-3,8-12H2,1H3,(H,19,22)(H,20,21). The smallest absolute Gasteiger partial charge is 0.257 e. The molecule has 0 spiro atoms. The van der Waals surface area contributed by atoms with Crippen LogP contribution in [0.3, 0.4) is 0 Å². The summed E-state index contributed by atoms with van der Waals surface area (Å²) in [6, 6.07) is 7.05. The van der Waals surface area contributed by atoms with Crippen LogP contribution in [0.2, 0.25) is 0 Å². The summed E-state index contributed by atoms with van der Waals surface area (Å²) in [4.78, 5) is 23.2. The first-order valence-corrected chi connectivity index (χ1v) is 8.17. The molecule has 3 N–H and O–H groups in total. The van der Waals surface area contributed by atoms with E-state index in [9.17, 15) is 9.59 Å². The minimum absolute atomic E-state index is 0.00499. The van der Waals surface area contributed by atoms with E-state index in [0.717, 1.165) is 31.6 Å². The van der Waals surface area contributed by atoms with Crippen LogP contribution in [-0.4, -0.2) is 38.1 Å². The number of anilines is 1. The van der Waals surface area contributed by atoms with Gasteiger partial charge in [0.2, 0.25) is 5.91 Å². The van der Waals surface area contributed by atoms with Crippen molar-refractivity contribution in [3.05, 3.63) is 24.3 Å². The Morgan fingerprint density at radius 1 is 1.26 bits per heavy atom. The van der Waals surface area contributed by atoms with Gasteiger partial charge in [-0.2, -0.15) is 0 Å². The molecule has 0 bridgehead atoms. The average Bonchev–Trinajstić information content (AvgIpc) is 3.06. The number of benzene rings is 1. The number of nitrogens with one attached hydrogen (secondary N) is 3. The van der Waals surface area contributed by atoms with Crippen molar-refractivity contribution >= 4 is 17.5 Å². The van der Waals surface area contributed by atoms with E-state index in [0.29, 0.717) is 24.6 Å². The molecule has 0 radical (unpaired) electrons. The van der Waals surface area contributed by atoms with Crippen molar-refractivity contribution in [3.8, 4) is 5.75 Å². The molecule has 1 aliphatic heterocycles. The molecule has 6 nitrogen and oxygen atoms in total. The number of rotatable bonds is 8. The van der Waals surface area contributed by atoms with Crippen LogP contribution in [0.4, 0.5) is 5.69 Å². The van der Waals surface area contributed by atoms with Crippen molar-refractivity contribution in [2.24, 2.45) is 5.92 Å². The van der Waals surface area contributed by atoms with Crippen molar-refractivity contribution in [2.45, 2.75) is 26.2 Å². The molecular formula is C17H25N3O3. The molecule has 126 valence electrons. The molecule has 1 aliphatic rings. The van der Waals surface area contributed by atoms with Gasteiger partial charge < -0.3 is 20.7 Å². The Labute approximate surface area is 137 Å². The molecule has 2 amide bonds. The Hall–Kier alpha value is -2.08. The van der Waals surface area contributed by atoms with Crippen molar-refractivity contribution in [2.75, 3.05) is 31.6 Å². The largest absolute Gasteiger partial charge is 0.484 e.